The molecule has 1 aromatic heterocycles. The number of hydrogen-bond donors (Lipinski definition) is 0. The molecule has 2 nitrogen and oxygen atoms in total. The van der Waals surface area contributed by atoms with E-state index in [1.54, 1.807) is 0 Å². The summed E-state index contributed by atoms with van der Waals surface area (Å²) in [6.07, 6.45) is 0. The van der Waals surface area contributed by atoms with E-state index in [4.69, 9.17) is 4.42 Å². The lowest BCUT2D eigenvalue weighted by atomic mass is 9.82. The zero-order valence-corrected chi connectivity index (χ0v) is 31.8. The molecule has 2 heteroatoms. The predicted molar refractivity (Wildman–Crippen MR) is 241 cm³/mol. The van der Waals surface area contributed by atoms with E-state index in [9.17, 15) is 0 Å². The van der Waals surface area contributed by atoms with Crippen molar-refractivity contribution in [2.75, 3.05) is 4.90 Å². The van der Waals surface area contributed by atoms with Gasteiger partial charge in [-0.2, -0.15) is 0 Å². The molecular weight excluding hydrogens is 691 g/mol. The van der Waals surface area contributed by atoms with Crippen LogP contribution in [0.3, 0.4) is 0 Å². The first-order valence-corrected chi connectivity index (χ1v) is 19.8. The van der Waals surface area contributed by atoms with Crippen molar-refractivity contribution in [1.82, 2.24) is 0 Å². The molecule has 0 aliphatic heterocycles. The number of anilines is 3. The van der Waals surface area contributed by atoms with Crippen molar-refractivity contribution in [3.63, 3.8) is 0 Å². The summed E-state index contributed by atoms with van der Waals surface area (Å²) < 4.78 is 7.10. The number of fused-ring (bicyclic) bond motifs is 11. The highest BCUT2D eigenvalue weighted by atomic mass is 16.3. The summed E-state index contributed by atoms with van der Waals surface area (Å²) in [4.78, 5) is 2.45. The average Bonchev–Trinajstić information content (AvgIpc) is 3.73. The van der Waals surface area contributed by atoms with Crippen LogP contribution in [-0.2, 0) is 5.41 Å². The summed E-state index contributed by atoms with van der Waals surface area (Å²) in [5.74, 6) is 0. The van der Waals surface area contributed by atoms with Crippen LogP contribution >= 0.6 is 0 Å². The summed E-state index contributed by atoms with van der Waals surface area (Å²) in [6.45, 7) is 4.71. The van der Waals surface area contributed by atoms with E-state index in [0.29, 0.717) is 0 Å². The van der Waals surface area contributed by atoms with Gasteiger partial charge in [0.15, 0.2) is 0 Å². The van der Waals surface area contributed by atoms with Gasteiger partial charge in [-0.05, 0) is 108 Å². The van der Waals surface area contributed by atoms with E-state index < -0.39 is 0 Å². The summed E-state index contributed by atoms with van der Waals surface area (Å²) >= 11 is 0. The van der Waals surface area contributed by atoms with Gasteiger partial charge < -0.3 is 9.32 Å². The molecule has 0 amide bonds. The summed E-state index contributed by atoms with van der Waals surface area (Å²) in [6, 6.07) is 69.0. The van der Waals surface area contributed by atoms with Gasteiger partial charge in [-0.15, -0.1) is 0 Å². The summed E-state index contributed by atoms with van der Waals surface area (Å²) in [7, 11) is 0. The third-order valence-electron chi connectivity index (χ3n) is 12.6. The highest BCUT2D eigenvalue weighted by Crippen LogP contribution is 2.52. The molecule has 0 fully saturated rings. The van der Waals surface area contributed by atoms with E-state index in [-0.39, 0.29) is 5.41 Å². The molecule has 0 saturated carbocycles. The lowest BCUT2D eigenvalue weighted by molar-refractivity contribution is 0.660. The molecule has 57 heavy (non-hydrogen) atoms. The second kappa shape index (κ2) is 11.9. The highest BCUT2D eigenvalue weighted by molar-refractivity contribution is 6.20. The third kappa shape index (κ3) is 4.71. The van der Waals surface area contributed by atoms with Crippen LogP contribution in [-0.4, -0.2) is 0 Å². The van der Waals surface area contributed by atoms with Crippen LogP contribution in [0.15, 0.2) is 192 Å². The maximum absolute atomic E-state index is 7.10. The summed E-state index contributed by atoms with van der Waals surface area (Å²) in [5, 5.41) is 12.0. The minimum absolute atomic E-state index is 0.136. The Morgan fingerprint density at radius 3 is 1.88 bits per heavy atom. The largest absolute Gasteiger partial charge is 0.455 e. The molecular formula is C55H37NO. The molecule has 10 aromatic carbocycles. The van der Waals surface area contributed by atoms with Crippen molar-refractivity contribution in [1.29, 1.82) is 0 Å². The number of hydrogen-bond acceptors (Lipinski definition) is 2. The fourth-order valence-corrected chi connectivity index (χ4v) is 9.81. The molecule has 11 aromatic rings. The minimum atomic E-state index is -0.136. The fraction of sp³-hybridized carbons (Fsp3) is 0.0545. The number of benzene rings is 10. The molecule has 1 aliphatic carbocycles. The molecule has 0 spiro atoms. The molecule has 12 rings (SSSR count). The van der Waals surface area contributed by atoms with Crippen LogP contribution in [0.1, 0.15) is 25.0 Å². The predicted octanol–water partition coefficient (Wildman–Crippen LogP) is 15.6. The molecule has 0 atom stereocenters. The Balaban J connectivity index is 1.12. The first-order valence-electron chi connectivity index (χ1n) is 19.8. The number of nitrogens with zero attached hydrogens (tertiary/aromatic N) is 1. The van der Waals surface area contributed by atoms with E-state index >= 15 is 0 Å². The van der Waals surface area contributed by atoms with Crippen LogP contribution < -0.4 is 4.90 Å². The van der Waals surface area contributed by atoms with Gasteiger partial charge in [0.05, 0.1) is 5.69 Å². The highest BCUT2D eigenvalue weighted by Gasteiger charge is 2.36. The maximum atomic E-state index is 7.10. The second-order valence-corrected chi connectivity index (χ2v) is 16.1. The van der Waals surface area contributed by atoms with Gasteiger partial charge in [0, 0.05) is 44.6 Å². The van der Waals surface area contributed by atoms with Crippen molar-refractivity contribution >= 4 is 82.1 Å². The van der Waals surface area contributed by atoms with Gasteiger partial charge in [0.1, 0.15) is 11.2 Å². The lowest BCUT2D eigenvalue weighted by Gasteiger charge is -2.29. The van der Waals surface area contributed by atoms with Crippen LogP contribution in [0.5, 0.6) is 0 Å². The zero-order valence-electron chi connectivity index (χ0n) is 31.8. The van der Waals surface area contributed by atoms with E-state index in [1.807, 2.05) is 0 Å². The van der Waals surface area contributed by atoms with Crippen LogP contribution in [0.25, 0.3) is 87.3 Å². The monoisotopic (exact) mass is 727 g/mol. The molecule has 268 valence electrons. The van der Waals surface area contributed by atoms with Gasteiger partial charge in [0.25, 0.3) is 0 Å². The fourth-order valence-electron chi connectivity index (χ4n) is 9.81. The molecule has 1 heterocycles. The Morgan fingerprint density at radius 2 is 1.04 bits per heavy atom. The number of furan rings is 1. The van der Waals surface area contributed by atoms with Gasteiger partial charge >= 0.3 is 0 Å². The van der Waals surface area contributed by atoms with Gasteiger partial charge in [-0.3, -0.25) is 0 Å². The standard InChI is InChI=1S/C55H37NO/c1-55(2)49-22-12-11-20-44(49)45-27-25-39(32-50(45)55)56(51-31-37-16-5-7-17-41(37)43-19-9-10-21-46(43)51)40-26-28-47-48-30-36-15-6-8-18-42(36)53(54(48)57-52(47)33-40)38-24-23-34-13-3-4-14-35(34)29-38/h3-33H,1-2H3. The quantitative estimate of drug-likeness (QED) is 0.168. The minimum Gasteiger partial charge on any atom is -0.455 e. The van der Waals surface area contributed by atoms with Crippen LogP contribution in [0.2, 0.25) is 0 Å². The first kappa shape index (κ1) is 32.1. The lowest BCUT2D eigenvalue weighted by Crippen LogP contribution is -2.16. The Morgan fingerprint density at radius 1 is 0.404 bits per heavy atom. The Labute approximate surface area is 330 Å². The molecule has 0 bridgehead atoms. The van der Waals surface area contributed by atoms with Crippen LogP contribution in [0, 0.1) is 0 Å². The van der Waals surface area contributed by atoms with Gasteiger partial charge in [-0.25, -0.2) is 0 Å². The summed E-state index contributed by atoms with van der Waals surface area (Å²) in [5.41, 5.74) is 12.6. The van der Waals surface area contributed by atoms with Gasteiger partial charge in [-0.1, -0.05) is 153 Å². The third-order valence-corrected chi connectivity index (χ3v) is 12.6. The average molecular weight is 728 g/mol. The molecule has 0 radical (unpaired) electrons. The Kier molecular flexibility index (Phi) is 6.72. The van der Waals surface area contributed by atoms with Crippen molar-refractivity contribution in [3.8, 4) is 22.3 Å². The van der Waals surface area contributed by atoms with Gasteiger partial charge in [0.2, 0.25) is 0 Å². The van der Waals surface area contributed by atoms with E-state index in [0.717, 1.165) is 50.1 Å². The van der Waals surface area contributed by atoms with Crippen molar-refractivity contribution < 1.29 is 4.42 Å². The normalized spacial score (nSPS) is 13.2. The van der Waals surface area contributed by atoms with Crippen molar-refractivity contribution in [3.05, 3.63) is 199 Å². The van der Waals surface area contributed by atoms with Crippen molar-refractivity contribution in [2.24, 2.45) is 0 Å². The maximum Gasteiger partial charge on any atom is 0.143 e. The van der Waals surface area contributed by atoms with Crippen molar-refractivity contribution in [2.45, 2.75) is 19.3 Å². The number of rotatable bonds is 4. The topological polar surface area (TPSA) is 16.4 Å². The first-order chi connectivity index (χ1) is 28.0. The van der Waals surface area contributed by atoms with E-state index in [2.05, 4.69) is 207 Å². The smallest absolute Gasteiger partial charge is 0.143 e. The SMILES string of the molecule is CC1(C)c2ccccc2-c2ccc(N(c3ccc4c(c3)oc3c(-c5ccc6ccccc6c5)c5ccccc5cc34)c3cc4ccccc4c4ccccc34)cc21. The molecule has 0 saturated heterocycles. The Bertz CT molecular complexity index is 3460. The Hall–Kier alpha value is -7.16. The van der Waals surface area contributed by atoms with Crippen LogP contribution in [0.4, 0.5) is 17.1 Å². The van der Waals surface area contributed by atoms with E-state index in [1.165, 1.54) is 65.3 Å². The second-order valence-electron chi connectivity index (χ2n) is 16.1. The molecule has 1 aliphatic rings. The molecule has 0 N–H and O–H groups in total. The molecule has 0 unspecified atom stereocenters. The zero-order chi connectivity index (χ0) is 37.8.